The van der Waals surface area contributed by atoms with Crippen molar-refractivity contribution in [3.8, 4) is 16.9 Å². The standard InChI is InChI=1S/C22H23NO7S/c1-13(24)27-19-12-31-22(21(29-15(3)26)20(19)28-14(2)25)30-18-9-5-4-8-17(18)16-7-6-10-23-11-16/h4-11,19-22H,12H2,1-3H3/t19-,20+,21-,22-/m1/s1. The highest BCUT2D eigenvalue weighted by molar-refractivity contribution is 7.99. The van der Waals surface area contributed by atoms with Gasteiger partial charge >= 0.3 is 17.9 Å². The van der Waals surface area contributed by atoms with Crippen molar-refractivity contribution in [3.05, 3.63) is 48.8 Å². The second-order valence-corrected chi connectivity index (χ2v) is 7.98. The first-order valence-electron chi connectivity index (χ1n) is 9.64. The number of pyridine rings is 1. The number of carbonyl (C=O) groups is 3. The SMILES string of the molecule is CC(=O)O[C@@H]1[C@@H](OC(C)=O)[C@H](OC(C)=O)CS[C@H]1Oc1ccccc1-c1cccnc1. The Morgan fingerprint density at radius 3 is 2.23 bits per heavy atom. The smallest absolute Gasteiger partial charge is 0.303 e. The van der Waals surface area contributed by atoms with Crippen LogP contribution >= 0.6 is 11.8 Å². The lowest BCUT2D eigenvalue weighted by molar-refractivity contribution is -0.186. The lowest BCUT2D eigenvalue weighted by Gasteiger charge is -2.40. The van der Waals surface area contributed by atoms with Crippen LogP contribution in [0.4, 0.5) is 0 Å². The predicted molar refractivity (Wildman–Crippen MR) is 113 cm³/mol. The lowest BCUT2D eigenvalue weighted by Crippen LogP contribution is -2.55. The Hall–Kier alpha value is -3.07. The average Bonchev–Trinajstić information content (AvgIpc) is 2.72. The molecule has 31 heavy (non-hydrogen) atoms. The van der Waals surface area contributed by atoms with E-state index in [4.69, 9.17) is 18.9 Å². The van der Waals surface area contributed by atoms with E-state index in [-0.39, 0.29) is 0 Å². The third kappa shape index (κ3) is 5.97. The van der Waals surface area contributed by atoms with Crippen LogP contribution in [0.5, 0.6) is 5.75 Å². The number of nitrogens with zero attached hydrogens (tertiary/aromatic N) is 1. The van der Waals surface area contributed by atoms with Crippen LogP contribution in [-0.2, 0) is 28.6 Å². The third-order valence-electron chi connectivity index (χ3n) is 4.41. The van der Waals surface area contributed by atoms with E-state index >= 15 is 0 Å². The van der Waals surface area contributed by atoms with Crippen LogP contribution in [0.1, 0.15) is 20.8 Å². The van der Waals surface area contributed by atoms with Crippen molar-refractivity contribution in [1.29, 1.82) is 0 Å². The number of rotatable bonds is 6. The van der Waals surface area contributed by atoms with E-state index in [1.54, 1.807) is 18.5 Å². The zero-order valence-electron chi connectivity index (χ0n) is 17.3. The molecule has 164 valence electrons. The lowest BCUT2D eigenvalue weighted by atomic mass is 10.1. The van der Waals surface area contributed by atoms with Crippen molar-refractivity contribution < 1.29 is 33.3 Å². The first-order chi connectivity index (χ1) is 14.8. The number of hydrogen-bond acceptors (Lipinski definition) is 9. The molecule has 0 spiro atoms. The maximum atomic E-state index is 11.8. The Morgan fingerprint density at radius 2 is 1.58 bits per heavy atom. The number of esters is 3. The van der Waals surface area contributed by atoms with Crippen molar-refractivity contribution >= 4 is 29.7 Å². The number of hydrogen-bond donors (Lipinski definition) is 0. The summed E-state index contributed by atoms with van der Waals surface area (Å²) < 4.78 is 22.4. The largest absolute Gasteiger partial charge is 0.475 e. The molecule has 4 atom stereocenters. The van der Waals surface area contributed by atoms with Gasteiger partial charge in [-0.15, -0.1) is 11.8 Å². The van der Waals surface area contributed by atoms with Gasteiger partial charge in [0.2, 0.25) is 0 Å². The molecule has 0 N–H and O–H groups in total. The molecule has 2 aromatic rings. The fourth-order valence-electron chi connectivity index (χ4n) is 3.27. The van der Waals surface area contributed by atoms with Gasteiger partial charge in [-0.05, 0) is 12.1 Å². The number of benzene rings is 1. The van der Waals surface area contributed by atoms with E-state index in [1.165, 1.54) is 32.5 Å². The summed E-state index contributed by atoms with van der Waals surface area (Å²) in [7, 11) is 0. The maximum Gasteiger partial charge on any atom is 0.303 e. The quantitative estimate of drug-likeness (QED) is 0.490. The van der Waals surface area contributed by atoms with Gasteiger partial charge in [0.15, 0.2) is 23.7 Å². The topological polar surface area (TPSA) is 101 Å². The van der Waals surface area contributed by atoms with Crippen LogP contribution in [-0.4, -0.2) is 52.4 Å². The minimum absolute atomic E-state index is 0.301. The van der Waals surface area contributed by atoms with Gasteiger partial charge < -0.3 is 18.9 Å². The summed E-state index contributed by atoms with van der Waals surface area (Å²) in [5.41, 5.74) is 0.971. The normalized spacial score (nSPS) is 22.8. The van der Waals surface area contributed by atoms with Crippen molar-refractivity contribution in [3.63, 3.8) is 0 Å². The predicted octanol–water partition coefficient (Wildman–Crippen LogP) is 3.00. The molecule has 1 aromatic carbocycles. The summed E-state index contributed by atoms with van der Waals surface area (Å²) in [6.45, 7) is 3.76. The summed E-state index contributed by atoms with van der Waals surface area (Å²) in [6, 6.07) is 11.1. The maximum absolute atomic E-state index is 11.8. The van der Waals surface area contributed by atoms with Crippen molar-refractivity contribution in [2.75, 3.05) is 5.75 Å². The minimum Gasteiger partial charge on any atom is -0.475 e. The minimum atomic E-state index is -0.998. The molecule has 1 aliphatic heterocycles. The summed E-state index contributed by atoms with van der Waals surface area (Å²) in [5, 5.41) is 0. The first kappa shape index (κ1) is 22.6. The van der Waals surface area contributed by atoms with Gasteiger partial charge in [0.05, 0.1) is 0 Å². The number of carbonyl (C=O) groups excluding carboxylic acids is 3. The molecule has 1 aliphatic rings. The second-order valence-electron chi connectivity index (χ2n) is 6.85. The van der Waals surface area contributed by atoms with Crippen molar-refractivity contribution in [2.24, 2.45) is 0 Å². The average molecular weight is 445 g/mol. The summed E-state index contributed by atoms with van der Waals surface area (Å²) in [6.07, 6.45) is 0.648. The van der Waals surface area contributed by atoms with Gasteiger partial charge in [0.25, 0.3) is 0 Å². The fourth-order valence-corrected chi connectivity index (χ4v) is 4.47. The van der Waals surface area contributed by atoms with E-state index in [0.29, 0.717) is 11.5 Å². The van der Waals surface area contributed by atoms with Gasteiger partial charge in [0.1, 0.15) is 5.75 Å². The Morgan fingerprint density at radius 1 is 0.903 bits per heavy atom. The van der Waals surface area contributed by atoms with Gasteiger partial charge in [0, 0.05) is 50.0 Å². The molecule has 0 bridgehead atoms. The molecule has 0 amide bonds. The summed E-state index contributed by atoms with van der Waals surface area (Å²) >= 11 is 1.31. The highest BCUT2D eigenvalue weighted by Crippen LogP contribution is 2.37. The van der Waals surface area contributed by atoms with E-state index in [0.717, 1.165) is 11.1 Å². The Kier molecular flexibility index (Phi) is 7.51. The molecule has 0 saturated carbocycles. The van der Waals surface area contributed by atoms with Crippen LogP contribution < -0.4 is 4.74 Å². The van der Waals surface area contributed by atoms with Crippen LogP contribution in [0, 0.1) is 0 Å². The highest BCUT2D eigenvalue weighted by Gasteiger charge is 2.47. The van der Waals surface area contributed by atoms with Gasteiger partial charge in [-0.3, -0.25) is 19.4 Å². The molecule has 0 unspecified atom stereocenters. The van der Waals surface area contributed by atoms with Crippen LogP contribution in [0.3, 0.4) is 0 Å². The number of thioether (sulfide) groups is 1. The third-order valence-corrected chi connectivity index (χ3v) is 5.62. The Balaban J connectivity index is 1.92. The van der Waals surface area contributed by atoms with Gasteiger partial charge in [-0.2, -0.15) is 0 Å². The molecule has 0 aliphatic carbocycles. The Bertz CT molecular complexity index is 936. The fraction of sp³-hybridized carbons (Fsp3) is 0.364. The molecular formula is C22H23NO7S. The molecule has 8 nitrogen and oxygen atoms in total. The molecule has 9 heteroatoms. The second kappa shape index (κ2) is 10.3. The summed E-state index contributed by atoms with van der Waals surface area (Å²) in [4.78, 5) is 39.2. The number of para-hydroxylation sites is 1. The molecule has 1 saturated heterocycles. The van der Waals surface area contributed by atoms with Gasteiger partial charge in [-0.1, -0.05) is 24.3 Å². The van der Waals surface area contributed by atoms with E-state index < -0.39 is 41.7 Å². The monoisotopic (exact) mass is 445 g/mol. The molecule has 0 radical (unpaired) electrons. The van der Waals surface area contributed by atoms with Crippen molar-refractivity contribution in [2.45, 2.75) is 44.5 Å². The van der Waals surface area contributed by atoms with Crippen LogP contribution in [0.2, 0.25) is 0 Å². The van der Waals surface area contributed by atoms with E-state index in [2.05, 4.69) is 4.98 Å². The molecule has 1 fully saturated rings. The van der Waals surface area contributed by atoms with Crippen molar-refractivity contribution in [1.82, 2.24) is 4.98 Å². The molecule has 2 heterocycles. The van der Waals surface area contributed by atoms with Crippen LogP contribution in [0.25, 0.3) is 11.1 Å². The summed E-state index contributed by atoms with van der Waals surface area (Å²) in [5.74, 6) is -0.820. The highest BCUT2D eigenvalue weighted by atomic mass is 32.2. The van der Waals surface area contributed by atoms with Crippen LogP contribution in [0.15, 0.2) is 48.8 Å². The zero-order chi connectivity index (χ0) is 22.4. The Labute approximate surface area is 184 Å². The first-order valence-corrected chi connectivity index (χ1v) is 10.7. The molecule has 1 aromatic heterocycles. The van der Waals surface area contributed by atoms with E-state index in [1.807, 2.05) is 30.3 Å². The molecule has 3 rings (SSSR count). The van der Waals surface area contributed by atoms with Gasteiger partial charge in [-0.25, -0.2) is 0 Å². The number of aromatic nitrogens is 1. The zero-order valence-corrected chi connectivity index (χ0v) is 18.2. The molecular weight excluding hydrogens is 422 g/mol. The van der Waals surface area contributed by atoms with E-state index in [9.17, 15) is 14.4 Å². The number of ether oxygens (including phenoxy) is 4.